The van der Waals surface area contributed by atoms with E-state index in [-0.39, 0.29) is 18.6 Å². The highest BCUT2D eigenvalue weighted by Crippen LogP contribution is 2.35. The summed E-state index contributed by atoms with van der Waals surface area (Å²) in [6, 6.07) is 7.81. The molecule has 1 atom stereocenters. The van der Waals surface area contributed by atoms with Crippen molar-refractivity contribution < 1.29 is 14.3 Å². The number of fused-ring (bicyclic) bond motifs is 1. The van der Waals surface area contributed by atoms with Gasteiger partial charge in [0.05, 0.1) is 12.2 Å². The van der Waals surface area contributed by atoms with E-state index < -0.39 is 0 Å². The summed E-state index contributed by atoms with van der Waals surface area (Å²) in [5, 5.41) is 7.42. The molecule has 7 nitrogen and oxygen atoms in total. The summed E-state index contributed by atoms with van der Waals surface area (Å²) in [4.78, 5) is 16.9. The van der Waals surface area contributed by atoms with Crippen LogP contribution in [0.2, 0.25) is 0 Å². The molecule has 0 fully saturated rings. The molecule has 1 N–H and O–H groups in total. The van der Waals surface area contributed by atoms with Gasteiger partial charge in [-0.2, -0.15) is 10.1 Å². The molecular formula is C18H22N4O3. The molecule has 132 valence electrons. The second kappa shape index (κ2) is 7.48. The lowest BCUT2D eigenvalue weighted by molar-refractivity contribution is -0.140. The highest BCUT2D eigenvalue weighted by molar-refractivity contribution is 5.92. The summed E-state index contributed by atoms with van der Waals surface area (Å²) >= 11 is 0. The Balaban J connectivity index is 1.99. The number of nitrogens with one attached hydrogen (secondary N) is 1. The number of carbonyl (C=O) groups is 1. The van der Waals surface area contributed by atoms with Gasteiger partial charge in [0.1, 0.15) is 19.0 Å². The van der Waals surface area contributed by atoms with Crippen LogP contribution < -0.4 is 5.32 Å². The molecule has 0 saturated carbocycles. The number of anilines is 1. The molecule has 25 heavy (non-hydrogen) atoms. The van der Waals surface area contributed by atoms with E-state index in [9.17, 15) is 4.79 Å². The second-order valence-corrected chi connectivity index (χ2v) is 5.82. The molecule has 0 bridgehead atoms. The maximum atomic E-state index is 12.7. The minimum atomic E-state index is -0.382. The highest BCUT2D eigenvalue weighted by atomic mass is 16.6. The Morgan fingerprint density at radius 2 is 2.04 bits per heavy atom. The Labute approximate surface area is 146 Å². The zero-order chi connectivity index (χ0) is 17.8. The van der Waals surface area contributed by atoms with Gasteiger partial charge in [0.2, 0.25) is 5.95 Å². The van der Waals surface area contributed by atoms with E-state index in [4.69, 9.17) is 9.47 Å². The molecule has 0 saturated heterocycles. The predicted molar refractivity (Wildman–Crippen MR) is 93.1 cm³/mol. The molecule has 0 unspecified atom stereocenters. The van der Waals surface area contributed by atoms with Gasteiger partial charge in [0, 0.05) is 12.8 Å². The number of ether oxygens (including phenoxy) is 2. The lowest BCUT2D eigenvalue weighted by Crippen LogP contribution is -2.30. The van der Waals surface area contributed by atoms with Crippen LogP contribution in [0.3, 0.4) is 0 Å². The number of aryl methyl sites for hydroxylation is 1. The minimum Gasteiger partial charge on any atom is -0.460 e. The number of benzene rings is 1. The molecule has 1 aliphatic heterocycles. The fourth-order valence-electron chi connectivity index (χ4n) is 2.89. The van der Waals surface area contributed by atoms with Crippen molar-refractivity contribution in [3.63, 3.8) is 0 Å². The number of aromatic nitrogens is 3. The molecule has 7 heteroatoms. The van der Waals surface area contributed by atoms with Crippen molar-refractivity contribution in [3.8, 4) is 0 Å². The Hall–Kier alpha value is -2.67. The fraction of sp³-hybridized carbons (Fsp3) is 0.389. The molecule has 2 aromatic rings. The Kier molecular flexibility index (Phi) is 5.14. The quantitative estimate of drug-likeness (QED) is 0.641. The molecule has 1 aromatic heterocycles. The Morgan fingerprint density at radius 3 is 2.72 bits per heavy atom. The molecule has 1 aliphatic rings. The molecule has 1 aromatic carbocycles. The van der Waals surface area contributed by atoms with Gasteiger partial charge in [-0.15, -0.1) is 0 Å². The van der Waals surface area contributed by atoms with Gasteiger partial charge in [0.25, 0.3) is 0 Å². The first-order valence-corrected chi connectivity index (χ1v) is 8.28. The monoisotopic (exact) mass is 342 g/mol. The summed E-state index contributed by atoms with van der Waals surface area (Å²) in [5.41, 5.74) is 3.44. The third kappa shape index (κ3) is 3.41. The van der Waals surface area contributed by atoms with Gasteiger partial charge in [-0.1, -0.05) is 31.2 Å². The van der Waals surface area contributed by atoms with E-state index in [1.54, 1.807) is 11.8 Å². The highest BCUT2D eigenvalue weighted by Gasteiger charge is 2.34. The third-order valence-electron chi connectivity index (χ3n) is 4.24. The standard InChI is InChI=1S/C18H22N4O3/c1-4-13-5-7-14(8-6-13)16-15(17(23)25-10-9-24-3)12(2)21-18-19-11-20-22(16)18/h5-8,11,16H,4,9-10H2,1-3H3,(H,19,20,21)/t16-/m1/s1. The molecule has 0 amide bonds. The molecule has 0 radical (unpaired) electrons. The predicted octanol–water partition coefficient (Wildman–Crippen LogP) is 2.32. The molecule has 0 spiro atoms. The van der Waals surface area contributed by atoms with Crippen molar-refractivity contribution in [1.82, 2.24) is 14.8 Å². The van der Waals surface area contributed by atoms with Crippen molar-refractivity contribution in [1.29, 1.82) is 0 Å². The van der Waals surface area contributed by atoms with Gasteiger partial charge in [-0.25, -0.2) is 9.48 Å². The van der Waals surface area contributed by atoms with Crippen molar-refractivity contribution in [2.24, 2.45) is 0 Å². The number of carbonyl (C=O) groups excluding carboxylic acids is 1. The van der Waals surface area contributed by atoms with E-state index in [1.165, 1.54) is 11.9 Å². The van der Waals surface area contributed by atoms with Gasteiger partial charge in [-0.05, 0) is 24.5 Å². The van der Waals surface area contributed by atoms with Crippen LogP contribution in [0.1, 0.15) is 31.0 Å². The largest absolute Gasteiger partial charge is 0.460 e. The zero-order valence-corrected chi connectivity index (χ0v) is 14.7. The SMILES string of the molecule is CCc1ccc([C@@H]2C(C(=O)OCCOC)=C(C)Nc3ncnn32)cc1. The normalized spacial score (nSPS) is 16.4. The summed E-state index contributed by atoms with van der Waals surface area (Å²) in [7, 11) is 1.57. The van der Waals surface area contributed by atoms with Gasteiger partial charge in [0.15, 0.2) is 0 Å². The number of methoxy groups -OCH3 is 1. The second-order valence-electron chi connectivity index (χ2n) is 5.82. The third-order valence-corrected chi connectivity index (χ3v) is 4.24. The van der Waals surface area contributed by atoms with Crippen LogP contribution in [0, 0.1) is 0 Å². The first-order chi connectivity index (χ1) is 12.2. The van der Waals surface area contributed by atoms with E-state index in [2.05, 4.69) is 34.5 Å². The molecular weight excluding hydrogens is 320 g/mol. The minimum absolute atomic E-state index is 0.206. The number of nitrogens with zero attached hydrogens (tertiary/aromatic N) is 3. The van der Waals surface area contributed by atoms with Crippen LogP contribution in [0.15, 0.2) is 41.9 Å². The topological polar surface area (TPSA) is 78.3 Å². The lowest BCUT2D eigenvalue weighted by atomic mass is 9.95. The number of hydrogen-bond donors (Lipinski definition) is 1. The molecule has 2 heterocycles. The smallest absolute Gasteiger partial charge is 0.338 e. The maximum absolute atomic E-state index is 12.7. The van der Waals surface area contributed by atoms with E-state index in [1.807, 2.05) is 19.1 Å². The van der Waals surface area contributed by atoms with Crippen molar-refractivity contribution in [2.45, 2.75) is 26.3 Å². The van der Waals surface area contributed by atoms with Crippen molar-refractivity contribution >= 4 is 11.9 Å². The van der Waals surface area contributed by atoms with Gasteiger partial charge >= 0.3 is 5.97 Å². The van der Waals surface area contributed by atoms with Crippen LogP contribution in [0.25, 0.3) is 0 Å². The first kappa shape index (κ1) is 17.2. The average Bonchev–Trinajstić information content (AvgIpc) is 3.08. The van der Waals surface area contributed by atoms with E-state index >= 15 is 0 Å². The Bertz CT molecular complexity index is 780. The summed E-state index contributed by atoms with van der Waals surface area (Å²) in [6.07, 6.45) is 2.43. The zero-order valence-electron chi connectivity index (χ0n) is 14.7. The van der Waals surface area contributed by atoms with Crippen LogP contribution >= 0.6 is 0 Å². The Morgan fingerprint density at radius 1 is 1.28 bits per heavy atom. The number of esters is 1. The van der Waals surface area contributed by atoms with E-state index in [0.29, 0.717) is 23.8 Å². The number of allylic oxidation sites excluding steroid dienone is 1. The van der Waals surface area contributed by atoms with Crippen LogP contribution in [0.5, 0.6) is 0 Å². The fourth-order valence-corrected chi connectivity index (χ4v) is 2.89. The molecule has 3 rings (SSSR count). The van der Waals surface area contributed by atoms with Crippen LogP contribution in [0.4, 0.5) is 5.95 Å². The van der Waals surface area contributed by atoms with Crippen molar-refractivity contribution in [2.75, 3.05) is 25.6 Å². The van der Waals surface area contributed by atoms with Crippen molar-refractivity contribution in [3.05, 3.63) is 53.0 Å². The average molecular weight is 342 g/mol. The first-order valence-electron chi connectivity index (χ1n) is 8.28. The number of hydrogen-bond acceptors (Lipinski definition) is 6. The van der Waals surface area contributed by atoms with Gasteiger partial charge in [-0.3, -0.25) is 0 Å². The maximum Gasteiger partial charge on any atom is 0.338 e. The summed E-state index contributed by atoms with van der Waals surface area (Å²) in [5.74, 6) is 0.225. The summed E-state index contributed by atoms with van der Waals surface area (Å²) in [6.45, 7) is 4.52. The summed E-state index contributed by atoms with van der Waals surface area (Å²) < 4.78 is 12.0. The number of rotatable bonds is 6. The van der Waals surface area contributed by atoms with Gasteiger partial charge < -0.3 is 14.8 Å². The van der Waals surface area contributed by atoms with Crippen LogP contribution in [-0.4, -0.2) is 41.1 Å². The van der Waals surface area contributed by atoms with Crippen LogP contribution in [-0.2, 0) is 20.7 Å². The lowest BCUT2D eigenvalue weighted by Gasteiger charge is -2.28. The molecule has 0 aliphatic carbocycles. The van der Waals surface area contributed by atoms with E-state index in [0.717, 1.165) is 12.0 Å².